The van der Waals surface area contributed by atoms with Gasteiger partial charge in [-0.25, -0.2) is 4.79 Å². The Morgan fingerprint density at radius 2 is 1.87 bits per heavy atom. The molecular formula is C18H28N2O3. The Labute approximate surface area is 138 Å². The number of rotatable bonds is 2. The number of aryl methyl sites for hydroxylation is 1. The van der Waals surface area contributed by atoms with Crippen LogP contribution in [0.25, 0.3) is 0 Å². The predicted molar refractivity (Wildman–Crippen MR) is 91.9 cm³/mol. The highest BCUT2D eigenvalue weighted by Gasteiger charge is 2.28. The van der Waals surface area contributed by atoms with Gasteiger partial charge in [-0.05, 0) is 69.7 Å². The van der Waals surface area contributed by atoms with Gasteiger partial charge in [0.25, 0.3) is 0 Å². The molecule has 1 saturated heterocycles. The molecule has 1 heterocycles. The van der Waals surface area contributed by atoms with Crippen LogP contribution in [0.3, 0.4) is 0 Å². The van der Waals surface area contributed by atoms with Crippen LogP contribution in [0, 0.1) is 6.92 Å². The maximum atomic E-state index is 12.1. The molecule has 1 amide bonds. The smallest absolute Gasteiger partial charge is 0.410 e. The minimum absolute atomic E-state index is 0.220. The Morgan fingerprint density at radius 1 is 1.26 bits per heavy atom. The zero-order valence-electron chi connectivity index (χ0n) is 14.8. The summed E-state index contributed by atoms with van der Waals surface area (Å²) in [6.45, 7) is 9.17. The number of benzene rings is 1. The monoisotopic (exact) mass is 320 g/mol. The SMILES string of the molecule is COc1cc(C2CCN(C(=O)OC(C)(C)C)CC2)c(C)cc1N. The van der Waals surface area contributed by atoms with Gasteiger partial charge in [0.15, 0.2) is 0 Å². The first kappa shape index (κ1) is 17.4. The van der Waals surface area contributed by atoms with Crippen molar-refractivity contribution in [1.29, 1.82) is 0 Å². The third-order valence-electron chi connectivity index (χ3n) is 4.20. The Kier molecular flexibility index (Phi) is 5.07. The van der Waals surface area contributed by atoms with Crippen molar-refractivity contribution in [2.24, 2.45) is 0 Å². The number of likely N-dealkylation sites (tertiary alicyclic amines) is 1. The number of methoxy groups -OCH3 is 1. The number of anilines is 1. The molecule has 1 aromatic carbocycles. The van der Waals surface area contributed by atoms with Crippen molar-refractivity contribution in [1.82, 2.24) is 4.90 Å². The summed E-state index contributed by atoms with van der Waals surface area (Å²) in [7, 11) is 1.63. The van der Waals surface area contributed by atoms with E-state index in [1.54, 1.807) is 12.0 Å². The average molecular weight is 320 g/mol. The second kappa shape index (κ2) is 6.69. The number of carbonyl (C=O) groups is 1. The number of piperidine rings is 1. The maximum Gasteiger partial charge on any atom is 0.410 e. The zero-order chi connectivity index (χ0) is 17.2. The quantitative estimate of drug-likeness (QED) is 0.844. The van der Waals surface area contributed by atoms with Gasteiger partial charge in [0.1, 0.15) is 11.4 Å². The van der Waals surface area contributed by atoms with Crippen LogP contribution in [0.4, 0.5) is 10.5 Å². The minimum Gasteiger partial charge on any atom is -0.495 e. The average Bonchev–Trinajstić information content (AvgIpc) is 2.46. The van der Waals surface area contributed by atoms with Gasteiger partial charge in [-0.3, -0.25) is 0 Å². The molecule has 2 rings (SSSR count). The highest BCUT2D eigenvalue weighted by atomic mass is 16.6. The molecule has 0 atom stereocenters. The standard InChI is InChI=1S/C18H28N2O3/c1-12-10-15(19)16(22-5)11-14(12)13-6-8-20(9-7-13)17(21)23-18(2,3)4/h10-11,13H,6-9,19H2,1-5H3. The van der Waals surface area contributed by atoms with Gasteiger partial charge in [-0.2, -0.15) is 0 Å². The van der Waals surface area contributed by atoms with Crippen molar-refractivity contribution in [2.45, 2.75) is 52.1 Å². The largest absolute Gasteiger partial charge is 0.495 e. The van der Waals surface area contributed by atoms with Crippen molar-refractivity contribution in [3.8, 4) is 5.75 Å². The van der Waals surface area contributed by atoms with Gasteiger partial charge in [0.2, 0.25) is 0 Å². The molecule has 0 spiro atoms. The number of hydrogen-bond acceptors (Lipinski definition) is 4. The van der Waals surface area contributed by atoms with Crippen LogP contribution < -0.4 is 10.5 Å². The highest BCUT2D eigenvalue weighted by Crippen LogP contribution is 2.35. The normalized spacial score (nSPS) is 16.3. The molecule has 0 bridgehead atoms. The molecular weight excluding hydrogens is 292 g/mol. The molecule has 5 nitrogen and oxygen atoms in total. The Morgan fingerprint density at radius 3 is 2.39 bits per heavy atom. The number of carbonyl (C=O) groups excluding carboxylic acids is 1. The van der Waals surface area contributed by atoms with E-state index in [1.165, 1.54) is 11.1 Å². The molecule has 0 radical (unpaired) electrons. The summed E-state index contributed by atoms with van der Waals surface area (Å²) in [4.78, 5) is 13.9. The lowest BCUT2D eigenvalue weighted by Crippen LogP contribution is -2.41. The first-order valence-electron chi connectivity index (χ1n) is 8.13. The molecule has 1 aromatic rings. The van der Waals surface area contributed by atoms with E-state index >= 15 is 0 Å². The fraction of sp³-hybridized carbons (Fsp3) is 0.611. The van der Waals surface area contributed by atoms with Gasteiger partial charge in [-0.15, -0.1) is 0 Å². The van der Waals surface area contributed by atoms with E-state index in [4.69, 9.17) is 15.2 Å². The summed E-state index contributed by atoms with van der Waals surface area (Å²) in [5.41, 5.74) is 8.62. The van der Waals surface area contributed by atoms with Crippen LogP contribution in [0.5, 0.6) is 5.75 Å². The number of nitrogens with two attached hydrogens (primary N) is 1. The Hall–Kier alpha value is -1.91. The Balaban J connectivity index is 2.03. The third kappa shape index (κ3) is 4.30. The molecule has 2 N–H and O–H groups in total. The van der Waals surface area contributed by atoms with E-state index in [0.29, 0.717) is 24.7 Å². The maximum absolute atomic E-state index is 12.1. The summed E-state index contributed by atoms with van der Waals surface area (Å²) < 4.78 is 10.8. The Bertz CT molecular complexity index is 570. The molecule has 5 heteroatoms. The zero-order valence-corrected chi connectivity index (χ0v) is 14.8. The first-order valence-corrected chi connectivity index (χ1v) is 8.13. The van der Waals surface area contributed by atoms with Crippen molar-refractivity contribution >= 4 is 11.8 Å². The molecule has 1 aliphatic heterocycles. The van der Waals surface area contributed by atoms with Crippen molar-refractivity contribution in [3.63, 3.8) is 0 Å². The first-order chi connectivity index (χ1) is 10.7. The van der Waals surface area contributed by atoms with E-state index in [1.807, 2.05) is 32.9 Å². The second-order valence-corrected chi connectivity index (χ2v) is 7.19. The molecule has 1 fully saturated rings. The summed E-state index contributed by atoms with van der Waals surface area (Å²) in [6.07, 6.45) is 1.63. The number of nitrogen functional groups attached to an aromatic ring is 1. The molecule has 128 valence electrons. The number of hydrogen-bond donors (Lipinski definition) is 1. The van der Waals surface area contributed by atoms with Crippen LogP contribution in [0.1, 0.15) is 50.7 Å². The van der Waals surface area contributed by atoms with Gasteiger partial charge in [0.05, 0.1) is 12.8 Å². The third-order valence-corrected chi connectivity index (χ3v) is 4.20. The number of amides is 1. The number of ether oxygens (including phenoxy) is 2. The topological polar surface area (TPSA) is 64.8 Å². The van der Waals surface area contributed by atoms with Crippen molar-refractivity contribution in [3.05, 3.63) is 23.3 Å². The summed E-state index contributed by atoms with van der Waals surface area (Å²) in [6, 6.07) is 4.01. The molecule has 0 aromatic heterocycles. The van der Waals surface area contributed by atoms with E-state index < -0.39 is 5.60 Å². The van der Waals surface area contributed by atoms with Crippen LogP contribution in [-0.2, 0) is 4.74 Å². The van der Waals surface area contributed by atoms with E-state index in [-0.39, 0.29) is 6.09 Å². The second-order valence-electron chi connectivity index (χ2n) is 7.19. The fourth-order valence-corrected chi connectivity index (χ4v) is 3.04. The van der Waals surface area contributed by atoms with Crippen molar-refractivity contribution < 1.29 is 14.3 Å². The summed E-state index contributed by atoms with van der Waals surface area (Å²) >= 11 is 0. The van der Waals surface area contributed by atoms with Crippen LogP contribution in [-0.4, -0.2) is 36.8 Å². The summed E-state index contributed by atoms with van der Waals surface area (Å²) in [5.74, 6) is 1.14. The van der Waals surface area contributed by atoms with E-state index in [9.17, 15) is 4.79 Å². The van der Waals surface area contributed by atoms with E-state index in [0.717, 1.165) is 18.6 Å². The van der Waals surface area contributed by atoms with Gasteiger partial charge < -0.3 is 20.1 Å². The minimum atomic E-state index is -0.450. The lowest BCUT2D eigenvalue weighted by atomic mass is 9.86. The molecule has 23 heavy (non-hydrogen) atoms. The molecule has 1 aliphatic rings. The van der Waals surface area contributed by atoms with Gasteiger partial charge in [-0.1, -0.05) is 0 Å². The summed E-state index contributed by atoms with van der Waals surface area (Å²) in [5, 5.41) is 0. The molecule has 0 unspecified atom stereocenters. The predicted octanol–water partition coefficient (Wildman–Crippen LogP) is 3.70. The van der Waals surface area contributed by atoms with E-state index in [2.05, 4.69) is 6.92 Å². The van der Waals surface area contributed by atoms with Crippen LogP contribution in [0.15, 0.2) is 12.1 Å². The lowest BCUT2D eigenvalue weighted by Gasteiger charge is -2.34. The van der Waals surface area contributed by atoms with Gasteiger partial charge in [0, 0.05) is 13.1 Å². The number of nitrogens with zero attached hydrogens (tertiary/aromatic N) is 1. The van der Waals surface area contributed by atoms with Crippen LogP contribution in [0.2, 0.25) is 0 Å². The van der Waals surface area contributed by atoms with Gasteiger partial charge >= 0.3 is 6.09 Å². The molecule has 0 saturated carbocycles. The van der Waals surface area contributed by atoms with Crippen molar-refractivity contribution in [2.75, 3.05) is 25.9 Å². The lowest BCUT2D eigenvalue weighted by molar-refractivity contribution is 0.0204. The van der Waals surface area contributed by atoms with Crippen LogP contribution >= 0.6 is 0 Å². The fourth-order valence-electron chi connectivity index (χ4n) is 3.04. The highest BCUT2D eigenvalue weighted by molar-refractivity contribution is 5.68. The molecule has 0 aliphatic carbocycles.